The van der Waals surface area contributed by atoms with Crippen molar-refractivity contribution in [1.29, 1.82) is 0 Å². The fourth-order valence-corrected chi connectivity index (χ4v) is 1.55. The van der Waals surface area contributed by atoms with Crippen molar-refractivity contribution in [3.63, 3.8) is 0 Å². The number of ether oxygens (including phenoxy) is 2. The van der Waals surface area contributed by atoms with Crippen LogP contribution in [0.3, 0.4) is 0 Å². The maximum Gasteiger partial charge on any atom is 0.411 e. The molecule has 0 saturated heterocycles. The van der Waals surface area contributed by atoms with Crippen LogP contribution in [-0.4, -0.2) is 38.0 Å². The molecular weight excluding hydrogens is 273 g/mol. The summed E-state index contributed by atoms with van der Waals surface area (Å²) in [7, 11) is 1.80. The normalized spacial score (nSPS) is 11.7. The van der Waals surface area contributed by atoms with E-state index in [1.54, 1.807) is 7.05 Å². The van der Waals surface area contributed by atoms with Gasteiger partial charge in [0.15, 0.2) is 0 Å². The molecule has 0 fully saturated rings. The van der Waals surface area contributed by atoms with Gasteiger partial charge in [-0.05, 0) is 26.1 Å². The molecule has 1 aromatic rings. The summed E-state index contributed by atoms with van der Waals surface area (Å²) in [6.45, 7) is 1.54. The van der Waals surface area contributed by atoms with E-state index in [0.29, 0.717) is 25.3 Å². The third-order valence-electron chi connectivity index (χ3n) is 2.37. The molecule has 0 bridgehead atoms. The molecule has 0 spiro atoms. The molecule has 1 N–H and O–H groups in total. The van der Waals surface area contributed by atoms with Gasteiger partial charge in [-0.25, -0.2) is 0 Å². The zero-order valence-corrected chi connectivity index (χ0v) is 11.6. The minimum Gasteiger partial charge on any atom is -0.492 e. The third-order valence-corrected chi connectivity index (χ3v) is 2.37. The van der Waals surface area contributed by atoms with E-state index in [1.165, 1.54) is 0 Å². The van der Waals surface area contributed by atoms with E-state index >= 15 is 0 Å². The predicted octanol–water partition coefficient (Wildman–Crippen LogP) is 2.46. The van der Waals surface area contributed by atoms with Crippen LogP contribution in [-0.2, 0) is 11.3 Å². The molecule has 0 aliphatic heterocycles. The van der Waals surface area contributed by atoms with Crippen LogP contribution in [0.5, 0.6) is 5.75 Å². The van der Waals surface area contributed by atoms with Gasteiger partial charge in [-0.3, -0.25) is 4.98 Å². The van der Waals surface area contributed by atoms with Crippen molar-refractivity contribution in [2.75, 3.05) is 26.9 Å². The van der Waals surface area contributed by atoms with Crippen molar-refractivity contribution >= 4 is 0 Å². The Kier molecular flexibility index (Phi) is 6.74. The first-order chi connectivity index (χ1) is 9.42. The number of nitrogens with zero attached hydrogens (tertiary/aromatic N) is 1. The average molecular weight is 292 g/mol. The van der Waals surface area contributed by atoms with Crippen LogP contribution in [0, 0.1) is 6.92 Å². The zero-order valence-electron chi connectivity index (χ0n) is 11.6. The molecule has 1 aromatic heterocycles. The molecule has 114 valence electrons. The molecule has 4 nitrogen and oxygen atoms in total. The van der Waals surface area contributed by atoms with Crippen LogP contribution >= 0.6 is 0 Å². The molecule has 0 aromatic carbocycles. The number of halogens is 3. The van der Waals surface area contributed by atoms with Crippen LogP contribution in [0.2, 0.25) is 0 Å². The highest BCUT2D eigenvalue weighted by atomic mass is 19.4. The molecule has 0 radical (unpaired) electrons. The van der Waals surface area contributed by atoms with Crippen molar-refractivity contribution in [2.45, 2.75) is 26.1 Å². The number of nitrogens with one attached hydrogen (secondary N) is 1. The molecule has 0 atom stereocenters. The molecule has 1 rings (SSSR count). The molecule has 0 saturated carbocycles. The quantitative estimate of drug-likeness (QED) is 0.748. The highest BCUT2D eigenvalue weighted by Gasteiger charge is 2.27. The monoisotopic (exact) mass is 292 g/mol. The Hall–Kier alpha value is -1.34. The van der Waals surface area contributed by atoms with Gasteiger partial charge in [0.1, 0.15) is 12.4 Å². The predicted molar refractivity (Wildman–Crippen MR) is 68.7 cm³/mol. The molecule has 0 aliphatic carbocycles. The van der Waals surface area contributed by atoms with Crippen LogP contribution in [0.25, 0.3) is 0 Å². The van der Waals surface area contributed by atoms with Crippen molar-refractivity contribution in [3.05, 3.63) is 23.5 Å². The summed E-state index contributed by atoms with van der Waals surface area (Å²) >= 11 is 0. The van der Waals surface area contributed by atoms with Crippen molar-refractivity contribution in [2.24, 2.45) is 0 Å². The zero-order chi connectivity index (χ0) is 15.0. The van der Waals surface area contributed by atoms with Gasteiger partial charge in [-0.2, -0.15) is 13.2 Å². The first kappa shape index (κ1) is 16.7. The van der Waals surface area contributed by atoms with Gasteiger partial charge >= 0.3 is 6.18 Å². The molecule has 20 heavy (non-hydrogen) atoms. The van der Waals surface area contributed by atoms with E-state index < -0.39 is 12.8 Å². The van der Waals surface area contributed by atoms with Crippen LogP contribution in [0.15, 0.2) is 12.1 Å². The maximum atomic E-state index is 11.8. The van der Waals surface area contributed by atoms with E-state index in [2.05, 4.69) is 15.0 Å². The highest BCUT2D eigenvalue weighted by molar-refractivity contribution is 5.29. The van der Waals surface area contributed by atoms with E-state index in [0.717, 1.165) is 11.4 Å². The molecule has 1 heterocycles. The number of hydrogen-bond acceptors (Lipinski definition) is 4. The summed E-state index contributed by atoms with van der Waals surface area (Å²) in [4.78, 5) is 4.34. The van der Waals surface area contributed by atoms with Crippen molar-refractivity contribution in [3.8, 4) is 5.75 Å². The summed E-state index contributed by atoms with van der Waals surface area (Å²) in [5.74, 6) is 0.640. The van der Waals surface area contributed by atoms with Gasteiger partial charge in [0.05, 0.1) is 18.9 Å². The Morgan fingerprint density at radius 2 is 2.00 bits per heavy atom. The van der Waals surface area contributed by atoms with Crippen molar-refractivity contribution in [1.82, 2.24) is 10.3 Å². The van der Waals surface area contributed by atoms with Gasteiger partial charge in [-0.1, -0.05) is 0 Å². The lowest BCUT2D eigenvalue weighted by molar-refractivity contribution is -0.174. The van der Waals surface area contributed by atoms with E-state index in [9.17, 15) is 13.2 Å². The lowest BCUT2D eigenvalue weighted by Gasteiger charge is -2.12. The molecule has 0 aliphatic rings. The van der Waals surface area contributed by atoms with Gasteiger partial charge in [0.25, 0.3) is 0 Å². The fourth-order valence-electron chi connectivity index (χ4n) is 1.55. The largest absolute Gasteiger partial charge is 0.492 e. The lowest BCUT2D eigenvalue weighted by Crippen LogP contribution is -2.18. The average Bonchev–Trinajstić information content (AvgIpc) is 2.35. The van der Waals surface area contributed by atoms with E-state index in [4.69, 9.17) is 4.74 Å². The minimum atomic E-state index is -4.28. The summed E-state index contributed by atoms with van der Waals surface area (Å²) < 4.78 is 45.5. The molecule has 0 amide bonds. The Morgan fingerprint density at radius 3 is 2.65 bits per heavy atom. The number of aryl methyl sites for hydroxylation is 1. The first-order valence-corrected chi connectivity index (χ1v) is 6.31. The number of pyridine rings is 1. The van der Waals surface area contributed by atoms with E-state index in [1.807, 2.05) is 19.1 Å². The molecule has 0 unspecified atom stereocenters. The SMILES string of the molecule is CNCc1nc(C)ccc1OCCCOCC(F)(F)F. The highest BCUT2D eigenvalue weighted by Crippen LogP contribution is 2.17. The minimum absolute atomic E-state index is 0.0140. The van der Waals surface area contributed by atoms with E-state index in [-0.39, 0.29) is 6.61 Å². The Balaban J connectivity index is 2.31. The van der Waals surface area contributed by atoms with Gasteiger partial charge in [0, 0.05) is 18.7 Å². The fraction of sp³-hybridized carbons (Fsp3) is 0.615. The summed E-state index contributed by atoms with van der Waals surface area (Å²) in [6, 6.07) is 3.64. The lowest BCUT2D eigenvalue weighted by atomic mass is 10.3. The first-order valence-electron chi connectivity index (χ1n) is 6.31. The third kappa shape index (κ3) is 6.72. The second kappa shape index (κ2) is 8.06. The second-order valence-electron chi connectivity index (χ2n) is 4.30. The summed E-state index contributed by atoms with van der Waals surface area (Å²) in [6.07, 6.45) is -3.88. The molecule has 7 heteroatoms. The Morgan fingerprint density at radius 1 is 1.25 bits per heavy atom. The van der Waals surface area contributed by atoms with Gasteiger partial charge < -0.3 is 14.8 Å². The smallest absolute Gasteiger partial charge is 0.411 e. The van der Waals surface area contributed by atoms with Crippen LogP contribution in [0.4, 0.5) is 13.2 Å². The van der Waals surface area contributed by atoms with Gasteiger partial charge in [-0.15, -0.1) is 0 Å². The Labute approximate surface area is 116 Å². The molecular formula is C13H19F3N2O2. The number of rotatable bonds is 8. The maximum absolute atomic E-state index is 11.8. The number of alkyl halides is 3. The summed E-state index contributed by atoms with van der Waals surface area (Å²) in [5, 5.41) is 2.99. The standard InChI is InChI=1S/C13H19F3N2O2/c1-10-4-5-12(11(18-10)8-17-2)20-7-3-6-19-9-13(14,15)16/h4-5,17H,3,6-9H2,1-2H3. The topological polar surface area (TPSA) is 43.4 Å². The van der Waals surface area contributed by atoms with Crippen LogP contribution < -0.4 is 10.1 Å². The Bertz CT molecular complexity index is 411. The van der Waals surface area contributed by atoms with Crippen molar-refractivity contribution < 1.29 is 22.6 Å². The number of aromatic nitrogens is 1. The van der Waals surface area contributed by atoms with Crippen LogP contribution in [0.1, 0.15) is 17.8 Å². The number of hydrogen-bond donors (Lipinski definition) is 1. The van der Waals surface area contributed by atoms with Gasteiger partial charge in [0.2, 0.25) is 0 Å². The summed E-state index contributed by atoms with van der Waals surface area (Å²) in [5.41, 5.74) is 1.67. The second-order valence-corrected chi connectivity index (χ2v) is 4.30.